The quantitative estimate of drug-likeness (QED) is 0.507. The molecule has 0 amide bonds. The minimum absolute atomic E-state index is 0.748. The SMILES string of the molecule is CC1C(C)C(F)C(F)C(F)C1F. The summed E-state index contributed by atoms with van der Waals surface area (Å²) in [7, 11) is 0. The highest BCUT2D eigenvalue weighted by atomic mass is 19.2. The standard InChI is InChI=1S/C8H12F4/c1-3-4(2)6(10)8(12)7(11)5(3)9/h3-8H,1-2H3. The second-order valence-corrected chi connectivity index (χ2v) is 3.50. The van der Waals surface area contributed by atoms with Crippen molar-refractivity contribution in [3.05, 3.63) is 0 Å². The summed E-state index contributed by atoms with van der Waals surface area (Å²) in [4.78, 5) is 0. The fraction of sp³-hybridized carbons (Fsp3) is 1.00. The highest BCUT2D eigenvalue weighted by Gasteiger charge is 2.49. The third kappa shape index (κ3) is 1.31. The maximum atomic E-state index is 12.9. The van der Waals surface area contributed by atoms with Crippen LogP contribution in [0.2, 0.25) is 0 Å². The molecule has 1 aliphatic rings. The molecular weight excluding hydrogens is 172 g/mol. The van der Waals surface area contributed by atoms with E-state index in [1.807, 2.05) is 0 Å². The van der Waals surface area contributed by atoms with Crippen molar-refractivity contribution in [2.75, 3.05) is 0 Å². The minimum atomic E-state index is -2.30. The van der Waals surface area contributed by atoms with Gasteiger partial charge in [-0.1, -0.05) is 13.8 Å². The van der Waals surface area contributed by atoms with Crippen LogP contribution in [0.1, 0.15) is 13.8 Å². The Kier molecular flexibility index (Phi) is 2.64. The average Bonchev–Trinajstić information content (AvgIpc) is 2.08. The van der Waals surface area contributed by atoms with Crippen LogP contribution in [0, 0.1) is 11.8 Å². The zero-order chi connectivity index (χ0) is 9.46. The zero-order valence-corrected chi connectivity index (χ0v) is 6.98. The molecule has 0 saturated heterocycles. The molecule has 1 aliphatic carbocycles. The maximum Gasteiger partial charge on any atom is 0.165 e. The average molecular weight is 184 g/mol. The number of rotatable bonds is 0. The molecule has 6 atom stereocenters. The normalized spacial score (nSPS) is 55.5. The van der Waals surface area contributed by atoms with E-state index in [0.29, 0.717) is 0 Å². The van der Waals surface area contributed by atoms with Crippen molar-refractivity contribution in [1.82, 2.24) is 0 Å². The third-order valence-corrected chi connectivity index (χ3v) is 2.75. The van der Waals surface area contributed by atoms with Crippen LogP contribution < -0.4 is 0 Å². The Hall–Kier alpha value is -0.280. The Morgan fingerprint density at radius 1 is 0.583 bits per heavy atom. The highest BCUT2D eigenvalue weighted by Crippen LogP contribution is 2.37. The van der Waals surface area contributed by atoms with E-state index >= 15 is 0 Å². The first kappa shape index (κ1) is 9.81. The van der Waals surface area contributed by atoms with Gasteiger partial charge in [-0.3, -0.25) is 0 Å². The van der Waals surface area contributed by atoms with Gasteiger partial charge in [0.2, 0.25) is 0 Å². The number of halogens is 4. The van der Waals surface area contributed by atoms with Crippen LogP contribution in [-0.2, 0) is 0 Å². The third-order valence-electron chi connectivity index (χ3n) is 2.75. The van der Waals surface area contributed by atoms with E-state index in [1.165, 1.54) is 13.8 Å². The van der Waals surface area contributed by atoms with E-state index in [4.69, 9.17) is 0 Å². The Morgan fingerprint density at radius 2 is 0.833 bits per heavy atom. The lowest BCUT2D eigenvalue weighted by Gasteiger charge is -2.36. The van der Waals surface area contributed by atoms with Crippen LogP contribution in [0.4, 0.5) is 17.6 Å². The van der Waals surface area contributed by atoms with Gasteiger partial charge in [0.15, 0.2) is 12.3 Å². The Labute approximate surface area is 69.0 Å². The molecule has 1 rings (SSSR count). The van der Waals surface area contributed by atoms with Crippen molar-refractivity contribution < 1.29 is 17.6 Å². The molecule has 0 N–H and O–H groups in total. The monoisotopic (exact) mass is 184 g/mol. The van der Waals surface area contributed by atoms with Gasteiger partial charge in [0, 0.05) is 0 Å². The van der Waals surface area contributed by atoms with E-state index in [0.717, 1.165) is 0 Å². The molecule has 0 nitrogen and oxygen atoms in total. The second-order valence-electron chi connectivity index (χ2n) is 3.50. The van der Waals surface area contributed by atoms with E-state index in [9.17, 15) is 17.6 Å². The van der Waals surface area contributed by atoms with Crippen molar-refractivity contribution in [2.24, 2.45) is 11.8 Å². The fourth-order valence-corrected chi connectivity index (χ4v) is 1.51. The van der Waals surface area contributed by atoms with Gasteiger partial charge in [0.1, 0.15) is 12.3 Å². The molecule has 0 aliphatic heterocycles. The van der Waals surface area contributed by atoms with E-state index < -0.39 is 36.5 Å². The van der Waals surface area contributed by atoms with Crippen LogP contribution in [0.3, 0.4) is 0 Å². The predicted octanol–water partition coefficient (Wildman–Crippen LogP) is 2.62. The molecule has 4 heteroatoms. The number of hydrogen-bond acceptors (Lipinski definition) is 0. The first-order valence-corrected chi connectivity index (χ1v) is 4.03. The van der Waals surface area contributed by atoms with Crippen LogP contribution in [0.5, 0.6) is 0 Å². The van der Waals surface area contributed by atoms with Crippen LogP contribution in [-0.4, -0.2) is 24.7 Å². The van der Waals surface area contributed by atoms with Gasteiger partial charge in [-0.25, -0.2) is 17.6 Å². The number of hydrogen-bond donors (Lipinski definition) is 0. The smallest absolute Gasteiger partial charge is 0.165 e. The summed E-state index contributed by atoms with van der Waals surface area (Å²) in [5, 5.41) is 0. The van der Waals surface area contributed by atoms with E-state index in [2.05, 4.69) is 0 Å². The van der Waals surface area contributed by atoms with Crippen molar-refractivity contribution in [3.8, 4) is 0 Å². The number of alkyl halides is 4. The minimum Gasteiger partial charge on any atom is -0.244 e. The highest BCUT2D eigenvalue weighted by molar-refractivity contribution is 4.95. The predicted molar refractivity (Wildman–Crippen MR) is 37.9 cm³/mol. The Bertz CT molecular complexity index is 103. The van der Waals surface area contributed by atoms with Crippen LogP contribution in [0.25, 0.3) is 0 Å². The maximum absolute atomic E-state index is 12.9. The molecule has 1 fully saturated rings. The zero-order valence-electron chi connectivity index (χ0n) is 6.98. The van der Waals surface area contributed by atoms with Crippen LogP contribution in [0.15, 0.2) is 0 Å². The fourth-order valence-electron chi connectivity index (χ4n) is 1.51. The summed E-state index contributed by atoms with van der Waals surface area (Å²) in [5.74, 6) is -1.50. The van der Waals surface area contributed by atoms with Gasteiger partial charge >= 0.3 is 0 Å². The van der Waals surface area contributed by atoms with E-state index in [1.54, 1.807) is 0 Å². The summed E-state index contributed by atoms with van der Waals surface area (Å²) in [6.45, 7) is 2.81. The summed E-state index contributed by atoms with van der Waals surface area (Å²) in [6, 6.07) is 0. The summed E-state index contributed by atoms with van der Waals surface area (Å²) >= 11 is 0. The molecule has 12 heavy (non-hydrogen) atoms. The van der Waals surface area contributed by atoms with Gasteiger partial charge in [-0.2, -0.15) is 0 Å². The molecule has 0 radical (unpaired) electrons. The van der Waals surface area contributed by atoms with Gasteiger partial charge in [-0.15, -0.1) is 0 Å². The molecular formula is C8H12F4. The topological polar surface area (TPSA) is 0 Å². The van der Waals surface area contributed by atoms with Gasteiger partial charge in [0.25, 0.3) is 0 Å². The van der Waals surface area contributed by atoms with Crippen molar-refractivity contribution in [2.45, 2.75) is 38.5 Å². The van der Waals surface area contributed by atoms with Crippen LogP contribution >= 0.6 is 0 Å². The molecule has 0 spiro atoms. The molecule has 0 aromatic heterocycles. The van der Waals surface area contributed by atoms with Crippen molar-refractivity contribution in [1.29, 1.82) is 0 Å². The lowest BCUT2D eigenvalue weighted by Crippen LogP contribution is -2.50. The summed E-state index contributed by atoms with van der Waals surface area (Å²) < 4.78 is 51.0. The first-order chi connectivity index (χ1) is 5.46. The summed E-state index contributed by atoms with van der Waals surface area (Å²) in [5.41, 5.74) is 0. The van der Waals surface area contributed by atoms with Gasteiger partial charge in [-0.05, 0) is 11.8 Å². The Balaban J connectivity index is 2.76. The van der Waals surface area contributed by atoms with Gasteiger partial charge < -0.3 is 0 Å². The molecule has 0 heterocycles. The molecule has 0 aromatic rings. The second kappa shape index (κ2) is 3.23. The van der Waals surface area contributed by atoms with Crippen molar-refractivity contribution >= 4 is 0 Å². The molecule has 6 unspecified atom stereocenters. The molecule has 1 saturated carbocycles. The largest absolute Gasteiger partial charge is 0.244 e. The lowest BCUT2D eigenvalue weighted by molar-refractivity contribution is -0.0678. The Morgan fingerprint density at radius 3 is 1.08 bits per heavy atom. The van der Waals surface area contributed by atoms with Crippen molar-refractivity contribution in [3.63, 3.8) is 0 Å². The van der Waals surface area contributed by atoms with Gasteiger partial charge in [0.05, 0.1) is 0 Å². The summed E-state index contributed by atoms with van der Waals surface area (Å²) in [6.07, 6.45) is -8.35. The van der Waals surface area contributed by atoms with E-state index in [-0.39, 0.29) is 0 Å². The molecule has 72 valence electrons. The molecule has 0 aromatic carbocycles. The first-order valence-electron chi connectivity index (χ1n) is 4.03. The lowest BCUT2D eigenvalue weighted by atomic mass is 9.77. The molecule has 0 bridgehead atoms.